The summed E-state index contributed by atoms with van der Waals surface area (Å²) in [5.41, 5.74) is 3.43. The number of rotatable bonds is 1. The highest BCUT2D eigenvalue weighted by Gasteiger charge is 2.50. The minimum atomic E-state index is -0.496. The van der Waals surface area contributed by atoms with Crippen LogP contribution in [-0.4, -0.2) is 12.9 Å². The van der Waals surface area contributed by atoms with Crippen molar-refractivity contribution in [1.82, 2.24) is 0 Å². The average molecular weight is 328 g/mol. The fourth-order valence-corrected chi connectivity index (χ4v) is 4.25. The van der Waals surface area contributed by atoms with Crippen LogP contribution in [-0.2, 0) is 5.41 Å². The molecule has 25 heavy (non-hydrogen) atoms. The Labute approximate surface area is 145 Å². The number of ether oxygens (including phenoxy) is 2. The van der Waals surface area contributed by atoms with Gasteiger partial charge in [0.2, 0.25) is 0 Å². The van der Waals surface area contributed by atoms with Gasteiger partial charge in [0.15, 0.2) is 5.78 Å². The van der Waals surface area contributed by atoms with E-state index in [9.17, 15) is 4.79 Å². The van der Waals surface area contributed by atoms with Crippen molar-refractivity contribution in [2.75, 3.05) is 7.11 Å². The fourth-order valence-electron chi connectivity index (χ4n) is 4.25. The molecule has 2 aliphatic rings. The molecule has 0 amide bonds. The Kier molecular flexibility index (Phi) is 2.84. The van der Waals surface area contributed by atoms with Crippen LogP contribution < -0.4 is 9.47 Å². The van der Waals surface area contributed by atoms with Crippen molar-refractivity contribution < 1.29 is 14.3 Å². The molecule has 1 aliphatic heterocycles. The maximum absolute atomic E-state index is 12.8. The molecule has 0 radical (unpaired) electrons. The summed E-state index contributed by atoms with van der Waals surface area (Å²) in [4.78, 5) is 12.8. The number of para-hydroxylation sites is 1. The number of ketones is 1. The van der Waals surface area contributed by atoms with Crippen molar-refractivity contribution in [3.8, 4) is 17.2 Å². The van der Waals surface area contributed by atoms with Crippen LogP contribution in [0.1, 0.15) is 33.5 Å². The molecule has 1 unspecified atom stereocenters. The van der Waals surface area contributed by atoms with Gasteiger partial charge in [0.25, 0.3) is 0 Å². The summed E-state index contributed by atoms with van der Waals surface area (Å²) in [5.74, 6) is 2.47. The van der Waals surface area contributed by atoms with Crippen LogP contribution in [0.15, 0.2) is 66.7 Å². The Bertz CT molecular complexity index is 1020. The van der Waals surface area contributed by atoms with Crippen molar-refractivity contribution in [2.24, 2.45) is 0 Å². The van der Waals surface area contributed by atoms with E-state index in [1.165, 1.54) is 0 Å². The van der Waals surface area contributed by atoms with E-state index < -0.39 is 5.41 Å². The summed E-state index contributed by atoms with van der Waals surface area (Å²) >= 11 is 0. The summed E-state index contributed by atoms with van der Waals surface area (Å²) in [7, 11) is 1.64. The second kappa shape index (κ2) is 4.96. The van der Waals surface area contributed by atoms with Gasteiger partial charge in [0, 0.05) is 29.2 Å². The van der Waals surface area contributed by atoms with E-state index in [0.29, 0.717) is 6.42 Å². The predicted octanol–water partition coefficient (Wildman–Crippen LogP) is 4.72. The summed E-state index contributed by atoms with van der Waals surface area (Å²) in [6.07, 6.45) is 0.423. The first-order valence-electron chi connectivity index (χ1n) is 8.32. The van der Waals surface area contributed by atoms with Crippen LogP contribution in [0.3, 0.4) is 0 Å². The molecule has 5 rings (SSSR count). The fraction of sp³-hybridized carbons (Fsp3) is 0.136. The minimum Gasteiger partial charge on any atom is -0.497 e. The number of hydrogen-bond acceptors (Lipinski definition) is 3. The highest BCUT2D eigenvalue weighted by atomic mass is 16.5. The number of carbonyl (C=O) groups is 1. The van der Waals surface area contributed by atoms with E-state index in [4.69, 9.17) is 9.47 Å². The van der Waals surface area contributed by atoms with Crippen LogP contribution in [0.2, 0.25) is 0 Å². The minimum absolute atomic E-state index is 0.175. The van der Waals surface area contributed by atoms with Crippen molar-refractivity contribution in [1.29, 1.82) is 0 Å². The largest absolute Gasteiger partial charge is 0.497 e. The van der Waals surface area contributed by atoms with E-state index in [0.717, 1.165) is 39.5 Å². The van der Waals surface area contributed by atoms with Crippen molar-refractivity contribution >= 4 is 5.78 Å². The number of fused-ring (bicyclic) bond motifs is 6. The number of hydrogen-bond donors (Lipinski definition) is 0. The first-order valence-corrected chi connectivity index (χ1v) is 8.32. The van der Waals surface area contributed by atoms with Crippen LogP contribution in [0.4, 0.5) is 0 Å². The van der Waals surface area contributed by atoms with E-state index in [-0.39, 0.29) is 5.78 Å². The molecular formula is C22H16O3. The maximum atomic E-state index is 12.8. The number of benzene rings is 3. The molecule has 0 saturated carbocycles. The number of carbonyl (C=O) groups excluding carboxylic acids is 1. The molecule has 3 heteroatoms. The molecule has 0 bridgehead atoms. The Hall–Kier alpha value is -3.07. The Morgan fingerprint density at radius 3 is 2.44 bits per heavy atom. The van der Waals surface area contributed by atoms with E-state index in [1.54, 1.807) is 7.11 Å². The lowest BCUT2D eigenvalue weighted by atomic mass is 9.68. The smallest absolute Gasteiger partial charge is 0.164 e. The normalized spacial score (nSPS) is 19.8. The second-order valence-corrected chi connectivity index (χ2v) is 6.51. The molecule has 0 aromatic heterocycles. The van der Waals surface area contributed by atoms with Gasteiger partial charge in [-0.3, -0.25) is 4.79 Å². The molecule has 122 valence electrons. The summed E-state index contributed by atoms with van der Waals surface area (Å²) < 4.78 is 11.5. The molecule has 3 aromatic carbocycles. The van der Waals surface area contributed by atoms with Gasteiger partial charge in [-0.2, -0.15) is 0 Å². The zero-order valence-corrected chi connectivity index (χ0v) is 13.8. The molecule has 1 aliphatic carbocycles. The summed E-state index contributed by atoms with van der Waals surface area (Å²) in [6.45, 7) is 0. The Morgan fingerprint density at radius 1 is 0.880 bits per heavy atom. The van der Waals surface area contributed by atoms with Crippen LogP contribution in [0.25, 0.3) is 0 Å². The van der Waals surface area contributed by atoms with Crippen LogP contribution in [0, 0.1) is 0 Å². The molecule has 3 aromatic rings. The quantitative estimate of drug-likeness (QED) is 0.648. The van der Waals surface area contributed by atoms with E-state index in [1.807, 2.05) is 54.6 Å². The highest BCUT2D eigenvalue weighted by molar-refractivity contribution is 6.04. The lowest BCUT2D eigenvalue weighted by molar-refractivity contribution is 0.0983. The van der Waals surface area contributed by atoms with Gasteiger partial charge >= 0.3 is 0 Å². The average Bonchev–Trinajstić information content (AvgIpc) is 2.95. The van der Waals surface area contributed by atoms with Gasteiger partial charge in [0.05, 0.1) is 12.5 Å². The summed E-state index contributed by atoms with van der Waals surface area (Å²) in [5, 5.41) is 0. The third-order valence-corrected chi connectivity index (χ3v) is 5.33. The van der Waals surface area contributed by atoms with Crippen molar-refractivity contribution in [3.05, 3.63) is 89.0 Å². The van der Waals surface area contributed by atoms with Gasteiger partial charge in [-0.05, 0) is 17.7 Å². The van der Waals surface area contributed by atoms with Crippen molar-refractivity contribution in [3.63, 3.8) is 0 Å². The third kappa shape index (κ3) is 1.78. The van der Waals surface area contributed by atoms with Crippen LogP contribution >= 0.6 is 0 Å². The lowest BCUT2D eigenvalue weighted by Gasteiger charge is -2.37. The van der Waals surface area contributed by atoms with E-state index >= 15 is 0 Å². The SMILES string of the molecule is COc1ccc2c(c1)Oc1ccccc1C21CC(=O)c2ccccc21. The maximum Gasteiger partial charge on any atom is 0.164 e. The van der Waals surface area contributed by atoms with Gasteiger partial charge in [-0.1, -0.05) is 48.5 Å². The monoisotopic (exact) mass is 328 g/mol. The first kappa shape index (κ1) is 14.3. The lowest BCUT2D eigenvalue weighted by Crippen LogP contribution is -2.30. The molecule has 1 heterocycles. The Morgan fingerprint density at radius 2 is 1.60 bits per heavy atom. The zero-order valence-electron chi connectivity index (χ0n) is 13.8. The molecule has 1 atom stereocenters. The van der Waals surface area contributed by atoms with E-state index in [2.05, 4.69) is 12.1 Å². The highest BCUT2D eigenvalue weighted by Crippen LogP contribution is 2.57. The van der Waals surface area contributed by atoms with Gasteiger partial charge in [-0.25, -0.2) is 0 Å². The molecule has 3 nitrogen and oxygen atoms in total. The topological polar surface area (TPSA) is 35.5 Å². The molecule has 1 spiro atoms. The molecular weight excluding hydrogens is 312 g/mol. The second-order valence-electron chi connectivity index (χ2n) is 6.51. The van der Waals surface area contributed by atoms with Gasteiger partial charge < -0.3 is 9.47 Å². The predicted molar refractivity (Wildman–Crippen MR) is 94.8 cm³/mol. The number of methoxy groups -OCH3 is 1. The first-order chi connectivity index (χ1) is 12.2. The zero-order chi connectivity index (χ0) is 17.0. The standard InChI is InChI=1S/C22H16O3/c1-24-14-10-11-18-21(12-14)25-20-9-5-4-8-17(20)22(18)13-19(23)15-6-2-3-7-16(15)22/h2-12H,13H2,1H3. The van der Waals surface area contributed by atoms with Gasteiger partial charge in [0.1, 0.15) is 17.2 Å². The number of Topliss-reactive ketones (excluding diaryl/α,β-unsaturated/α-hetero) is 1. The van der Waals surface area contributed by atoms with Crippen LogP contribution in [0.5, 0.6) is 17.2 Å². The third-order valence-electron chi connectivity index (χ3n) is 5.33. The summed E-state index contributed by atoms with van der Waals surface area (Å²) in [6, 6.07) is 21.8. The molecule has 0 saturated heterocycles. The molecule has 0 fully saturated rings. The van der Waals surface area contributed by atoms with Crippen molar-refractivity contribution in [2.45, 2.75) is 11.8 Å². The Balaban J connectivity index is 1.88. The van der Waals surface area contributed by atoms with Gasteiger partial charge in [-0.15, -0.1) is 0 Å². The molecule has 0 N–H and O–H groups in total.